The van der Waals surface area contributed by atoms with E-state index in [4.69, 9.17) is 4.74 Å². The number of hydrogen-bond donors (Lipinski definition) is 1. The summed E-state index contributed by atoms with van der Waals surface area (Å²) < 4.78 is 5.72. The molecule has 0 radical (unpaired) electrons. The van der Waals surface area contributed by atoms with Gasteiger partial charge >= 0.3 is 5.97 Å². The van der Waals surface area contributed by atoms with E-state index in [0.29, 0.717) is 12.3 Å². The number of benzene rings is 2. The number of aromatic nitrogens is 1. The maximum Gasteiger partial charge on any atom is 0.311 e. The molecule has 6 nitrogen and oxygen atoms in total. The molecular formula is C24H27N3O3S2. The Morgan fingerprint density at radius 2 is 1.78 bits per heavy atom. The van der Waals surface area contributed by atoms with E-state index in [1.165, 1.54) is 23.1 Å². The van der Waals surface area contributed by atoms with Gasteiger partial charge in [-0.15, -0.1) is 11.3 Å². The number of thioether (sulfide) groups is 1. The van der Waals surface area contributed by atoms with Crippen LogP contribution in [0.2, 0.25) is 0 Å². The minimum Gasteiger partial charge on any atom is -0.466 e. The molecule has 0 unspecified atom stereocenters. The summed E-state index contributed by atoms with van der Waals surface area (Å²) in [5.74, 6) is -0.00770. The van der Waals surface area contributed by atoms with Crippen LogP contribution in [0, 0.1) is 0 Å². The third-order valence-corrected chi connectivity index (χ3v) is 6.53. The zero-order valence-electron chi connectivity index (χ0n) is 18.4. The summed E-state index contributed by atoms with van der Waals surface area (Å²) in [6.45, 7) is 6.13. The Hall–Kier alpha value is -2.84. The second-order valence-electron chi connectivity index (χ2n) is 7.27. The van der Waals surface area contributed by atoms with Crippen LogP contribution in [-0.4, -0.2) is 35.3 Å². The fraction of sp³-hybridized carbons (Fsp3) is 0.292. The van der Waals surface area contributed by atoms with Gasteiger partial charge in [-0.3, -0.25) is 9.59 Å². The summed E-state index contributed by atoms with van der Waals surface area (Å²) >= 11 is 2.82. The van der Waals surface area contributed by atoms with Crippen molar-refractivity contribution in [1.29, 1.82) is 0 Å². The average molecular weight is 470 g/mol. The topological polar surface area (TPSA) is 71.5 Å². The minimum absolute atomic E-state index is 0.0101. The monoisotopic (exact) mass is 469 g/mol. The number of para-hydroxylation sites is 1. The number of ether oxygens (including phenoxy) is 1. The summed E-state index contributed by atoms with van der Waals surface area (Å²) in [5.41, 5.74) is 3.50. The Bertz CT molecular complexity index is 1020. The van der Waals surface area contributed by atoms with Gasteiger partial charge in [-0.2, -0.15) is 0 Å². The highest BCUT2D eigenvalue weighted by Gasteiger charge is 2.20. The molecule has 0 atom stereocenters. The Morgan fingerprint density at radius 1 is 1.09 bits per heavy atom. The van der Waals surface area contributed by atoms with Gasteiger partial charge in [-0.25, -0.2) is 4.98 Å². The largest absolute Gasteiger partial charge is 0.466 e. The fourth-order valence-electron chi connectivity index (χ4n) is 3.11. The van der Waals surface area contributed by atoms with Crippen LogP contribution in [0.25, 0.3) is 0 Å². The van der Waals surface area contributed by atoms with Crippen molar-refractivity contribution in [2.75, 3.05) is 22.6 Å². The van der Waals surface area contributed by atoms with Gasteiger partial charge in [-0.1, -0.05) is 30.0 Å². The van der Waals surface area contributed by atoms with E-state index in [1.54, 1.807) is 11.8 Å². The molecule has 0 aliphatic rings. The van der Waals surface area contributed by atoms with Crippen LogP contribution < -0.4 is 10.2 Å². The van der Waals surface area contributed by atoms with E-state index in [1.807, 2.05) is 73.8 Å². The molecule has 1 amide bonds. The molecule has 1 aromatic heterocycles. The van der Waals surface area contributed by atoms with E-state index in [2.05, 4.69) is 10.3 Å². The summed E-state index contributed by atoms with van der Waals surface area (Å²) in [6.07, 6.45) is 0.153. The smallest absolute Gasteiger partial charge is 0.311 e. The maximum absolute atomic E-state index is 13.0. The van der Waals surface area contributed by atoms with Crippen molar-refractivity contribution in [2.24, 2.45) is 0 Å². The van der Waals surface area contributed by atoms with E-state index in [9.17, 15) is 9.59 Å². The SMILES string of the molecule is CCOC(=O)Cc1csc(SCC(=O)N(c2ccc(Nc3ccccc3)cc2)C(C)C)n1. The number of nitrogens with one attached hydrogen (secondary N) is 1. The van der Waals surface area contributed by atoms with E-state index in [-0.39, 0.29) is 30.1 Å². The third kappa shape index (κ3) is 6.83. The normalized spacial score (nSPS) is 10.8. The summed E-state index contributed by atoms with van der Waals surface area (Å²) in [4.78, 5) is 30.8. The number of nitrogens with zero attached hydrogens (tertiary/aromatic N) is 2. The van der Waals surface area contributed by atoms with Gasteiger partial charge in [0.05, 0.1) is 24.5 Å². The van der Waals surface area contributed by atoms with Crippen molar-refractivity contribution in [3.8, 4) is 0 Å². The average Bonchev–Trinajstić information content (AvgIpc) is 3.21. The number of carbonyl (C=O) groups excluding carboxylic acids is 2. The number of hydrogen-bond acceptors (Lipinski definition) is 7. The number of amides is 1. The van der Waals surface area contributed by atoms with Gasteiger partial charge in [0.15, 0.2) is 4.34 Å². The molecule has 3 aromatic rings. The summed E-state index contributed by atoms with van der Waals surface area (Å²) in [7, 11) is 0. The highest BCUT2D eigenvalue weighted by atomic mass is 32.2. The number of esters is 1. The third-order valence-electron chi connectivity index (χ3n) is 4.47. The quantitative estimate of drug-likeness (QED) is 0.311. The molecule has 0 saturated carbocycles. The molecular weight excluding hydrogens is 442 g/mol. The second-order valence-corrected chi connectivity index (χ2v) is 9.35. The predicted octanol–water partition coefficient (Wildman–Crippen LogP) is 5.53. The lowest BCUT2D eigenvalue weighted by atomic mass is 10.2. The van der Waals surface area contributed by atoms with Gasteiger partial charge in [0.1, 0.15) is 0 Å². The van der Waals surface area contributed by atoms with Crippen LogP contribution in [0.3, 0.4) is 0 Å². The Kier molecular flexibility index (Phi) is 8.70. The van der Waals surface area contributed by atoms with Gasteiger partial charge in [0.25, 0.3) is 0 Å². The number of carbonyl (C=O) groups is 2. The van der Waals surface area contributed by atoms with Crippen molar-refractivity contribution in [3.05, 3.63) is 65.7 Å². The lowest BCUT2D eigenvalue weighted by Crippen LogP contribution is -2.38. The van der Waals surface area contributed by atoms with Gasteiger partial charge in [0, 0.05) is 28.5 Å². The highest BCUT2D eigenvalue weighted by molar-refractivity contribution is 8.01. The number of thiazole rings is 1. The zero-order valence-corrected chi connectivity index (χ0v) is 20.0. The first-order valence-corrected chi connectivity index (χ1v) is 12.3. The Labute approximate surface area is 197 Å². The molecule has 0 fully saturated rings. The van der Waals surface area contributed by atoms with Crippen molar-refractivity contribution < 1.29 is 14.3 Å². The summed E-state index contributed by atoms with van der Waals surface area (Å²) in [6, 6.07) is 17.8. The maximum atomic E-state index is 13.0. The molecule has 2 aromatic carbocycles. The first kappa shape index (κ1) is 23.8. The molecule has 0 spiro atoms. The Morgan fingerprint density at radius 3 is 2.44 bits per heavy atom. The first-order chi connectivity index (χ1) is 15.5. The summed E-state index contributed by atoms with van der Waals surface area (Å²) in [5, 5.41) is 5.19. The van der Waals surface area contributed by atoms with Crippen LogP contribution in [0.1, 0.15) is 26.5 Å². The van der Waals surface area contributed by atoms with Crippen LogP contribution in [0.5, 0.6) is 0 Å². The second kappa shape index (κ2) is 11.7. The molecule has 1 heterocycles. The zero-order chi connectivity index (χ0) is 22.9. The molecule has 0 bridgehead atoms. The van der Waals surface area contributed by atoms with Crippen LogP contribution in [0.15, 0.2) is 64.3 Å². The van der Waals surface area contributed by atoms with E-state index < -0.39 is 0 Å². The standard InChI is InChI=1S/C24H27N3O3S2/c1-4-30-23(29)14-20-15-31-24(26-20)32-16-22(28)27(17(2)3)21-12-10-19(11-13-21)25-18-8-6-5-7-9-18/h5-13,15,17,25H,4,14,16H2,1-3H3. The van der Waals surface area contributed by atoms with Crippen LogP contribution >= 0.6 is 23.1 Å². The van der Waals surface area contributed by atoms with Crippen LogP contribution in [0.4, 0.5) is 17.1 Å². The highest BCUT2D eigenvalue weighted by Crippen LogP contribution is 2.27. The number of rotatable bonds is 10. The molecule has 32 heavy (non-hydrogen) atoms. The predicted molar refractivity (Wildman–Crippen MR) is 132 cm³/mol. The van der Waals surface area contributed by atoms with E-state index in [0.717, 1.165) is 21.4 Å². The lowest BCUT2D eigenvalue weighted by Gasteiger charge is -2.27. The van der Waals surface area contributed by atoms with Gasteiger partial charge in [0.2, 0.25) is 5.91 Å². The van der Waals surface area contributed by atoms with Gasteiger partial charge in [-0.05, 0) is 57.2 Å². The lowest BCUT2D eigenvalue weighted by molar-refractivity contribution is -0.142. The molecule has 0 aliphatic carbocycles. The van der Waals surface area contributed by atoms with Crippen molar-refractivity contribution in [3.63, 3.8) is 0 Å². The Balaban J connectivity index is 1.60. The van der Waals surface area contributed by atoms with Gasteiger partial charge < -0.3 is 15.0 Å². The first-order valence-electron chi connectivity index (χ1n) is 10.4. The van der Waals surface area contributed by atoms with E-state index >= 15 is 0 Å². The molecule has 3 rings (SSSR count). The fourth-order valence-corrected chi connectivity index (χ4v) is 4.82. The van der Waals surface area contributed by atoms with Crippen molar-refractivity contribution in [2.45, 2.75) is 37.6 Å². The molecule has 0 saturated heterocycles. The molecule has 1 N–H and O–H groups in total. The minimum atomic E-state index is -0.290. The molecule has 168 valence electrons. The van der Waals surface area contributed by atoms with Crippen molar-refractivity contribution in [1.82, 2.24) is 4.98 Å². The number of anilines is 3. The van der Waals surface area contributed by atoms with Crippen LogP contribution in [-0.2, 0) is 20.7 Å². The molecule has 0 aliphatic heterocycles. The molecule has 8 heteroatoms. The van der Waals surface area contributed by atoms with Crippen molar-refractivity contribution >= 4 is 52.0 Å².